The first-order valence-electron chi connectivity index (χ1n) is 8.80. The lowest BCUT2D eigenvalue weighted by Crippen LogP contribution is -2.47. The number of carbonyl (C=O) groups is 1. The van der Waals surface area contributed by atoms with E-state index in [0.29, 0.717) is 56.2 Å². The molecule has 0 atom stereocenters. The Kier molecular flexibility index (Phi) is 4.75. The van der Waals surface area contributed by atoms with Crippen LogP contribution in [0, 0.1) is 11.6 Å². The number of benzene rings is 1. The van der Waals surface area contributed by atoms with Crippen LogP contribution in [0.5, 0.6) is 0 Å². The van der Waals surface area contributed by atoms with Crippen LogP contribution >= 0.6 is 0 Å². The van der Waals surface area contributed by atoms with Gasteiger partial charge in [0.2, 0.25) is 0 Å². The van der Waals surface area contributed by atoms with Crippen molar-refractivity contribution in [1.29, 1.82) is 0 Å². The molecule has 142 valence electrons. The zero-order chi connectivity index (χ0) is 18.9. The maximum Gasteiger partial charge on any atom is 0.255 e. The molecule has 2 aliphatic rings. The molecular formula is C19H19F2N3O3. The van der Waals surface area contributed by atoms with E-state index >= 15 is 0 Å². The molecule has 1 amide bonds. The predicted octanol–water partition coefficient (Wildman–Crippen LogP) is 3.08. The van der Waals surface area contributed by atoms with Crippen molar-refractivity contribution in [3.05, 3.63) is 53.7 Å². The fourth-order valence-corrected chi connectivity index (χ4v) is 3.33. The number of rotatable bonds is 3. The minimum atomic E-state index is -0.940. The summed E-state index contributed by atoms with van der Waals surface area (Å²) in [5.41, 5.74) is 0.841. The number of halogens is 2. The van der Waals surface area contributed by atoms with E-state index in [9.17, 15) is 13.6 Å². The average molecular weight is 375 g/mol. The standard InChI is InChI=1S/C19H19F2N3O3/c20-15-3-2-14(11-16(15)21)23-17-4-1-13(12-22-17)18(25)24-7-5-19(6-8-24)26-9-10-27-19/h1-4,11-12H,5-10H2,(H,22,23). The lowest BCUT2D eigenvalue weighted by atomic mass is 10.0. The first-order valence-corrected chi connectivity index (χ1v) is 8.80. The molecule has 2 aliphatic heterocycles. The Morgan fingerprint density at radius 2 is 1.81 bits per heavy atom. The fraction of sp³-hybridized carbons (Fsp3) is 0.368. The zero-order valence-corrected chi connectivity index (χ0v) is 14.6. The highest BCUT2D eigenvalue weighted by Crippen LogP contribution is 2.31. The number of anilines is 2. The molecule has 1 aromatic carbocycles. The van der Waals surface area contributed by atoms with Crippen molar-refractivity contribution in [2.75, 3.05) is 31.6 Å². The second kappa shape index (κ2) is 7.21. The summed E-state index contributed by atoms with van der Waals surface area (Å²) in [6.45, 7) is 2.33. The summed E-state index contributed by atoms with van der Waals surface area (Å²) in [6, 6.07) is 6.78. The lowest BCUT2D eigenvalue weighted by Gasteiger charge is -2.37. The molecule has 4 rings (SSSR count). The summed E-state index contributed by atoms with van der Waals surface area (Å²) in [5.74, 6) is -2.04. The van der Waals surface area contributed by atoms with Crippen molar-refractivity contribution in [3.63, 3.8) is 0 Å². The van der Waals surface area contributed by atoms with Gasteiger partial charge in [-0.2, -0.15) is 0 Å². The lowest BCUT2D eigenvalue weighted by molar-refractivity contribution is -0.181. The smallest absolute Gasteiger partial charge is 0.255 e. The van der Waals surface area contributed by atoms with Gasteiger partial charge >= 0.3 is 0 Å². The van der Waals surface area contributed by atoms with Crippen molar-refractivity contribution < 1.29 is 23.0 Å². The summed E-state index contributed by atoms with van der Waals surface area (Å²) >= 11 is 0. The number of carbonyl (C=O) groups excluding carboxylic acids is 1. The summed E-state index contributed by atoms with van der Waals surface area (Å²) in [6.07, 6.45) is 2.78. The van der Waals surface area contributed by atoms with Crippen LogP contribution in [0.3, 0.4) is 0 Å². The molecule has 0 saturated carbocycles. The van der Waals surface area contributed by atoms with Gasteiger partial charge in [0.15, 0.2) is 17.4 Å². The molecule has 0 aliphatic carbocycles. The number of hydrogen-bond donors (Lipinski definition) is 1. The van der Waals surface area contributed by atoms with E-state index in [2.05, 4.69) is 10.3 Å². The predicted molar refractivity (Wildman–Crippen MR) is 93.7 cm³/mol. The summed E-state index contributed by atoms with van der Waals surface area (Å²) < 4.78 is 37.6. The third-order valence-electron chi connectivity index (χ3n) is 4.83. The van der Waals surface area contributed by atoms with Gasteiger partial charge in [0.05, 0.1) is 18.8 Å². The van der Waals surface area contributed by atoms with Crippen LogP contribution in [0.25, 0.3) is 0 Å². The van der Waals surface area contributed by atoms with Gasteiger partial charge in [-0.25, -0.2) is 13.8 Å². The fourth-order valence-electron chi connectivity index (χ4n) is 3.33. The molecule has 27 heavy (non-hydrogen) atoms. The van der Waals surface area contributed by atoms with Gasteiger partial charge in [-0.1, -0.05) is 0 Å². The van der Waals surface area contributed by atoms with Gasteiger partial charge in [-0.3, -0.25) is 4.79 Å². The normalized spacial score (nSPS) is 18.7. The third kappa shape index (κ3) is 3.77. The van der Waals surface area contributed by atoms with E-state index in [1.54, 1.807) is 17.0 Å². The molecule has 1 N–H and O–H groups in total. The van der Waals surface area contributed by atoms with Crippen molar-refractivity contribution in [1.82, 2.24) is 9.88 Å². The highest BCUT2D eigenvalue weighted by atomic mass is 19.2. The Labute approximate surface area is 155 Å². The minimum Gasteiger partial charge on any atom is -0.347 e. The molecule has 2 fully saturated rings. The van der Waals surface area contributed by atoms with E-state index in [4.69, 9.17) is 9.47 Å². The van der Waals surface area contributed by atoms with Gasteiger partial charge in [-0.05, 0) is 24.3 Å². The number of hydrogen-bond acceptors (Lipinski definition) is 5. The maximum atomic E-state index is 13.3. The van der Waals surface area contributed by atoms with Crippen LogP contribution in [-0.4, -0.2) is 47.9 Å². The molecule has 2 aromatic rings. The molecule has 0 unspecified atom stereocenters. The van der Waals surface area contributed by atoms with Crippen LogP contribution in [0.15, 0.2) is 36.5 Å². The van der Waals surface area contributed by atoms with Crippen LogP contribution in [-0.2, 0) is 9.47 Å². The first-order chi connectivity index (χ1) is 13.0. The van der Waals surface area contributed by atoms with Gasteiger partial charge in [-0.15, -0.1) is 0 Å². The second-order valence-corrected chi connectivity index (χ2v) is 6.59. The molecule has 8 heteroatoms. The monoisotopic (exact) mass is 375 g/mol. The Bertz CT molecular complexity index is 829. The van der Waals surface area contributed by atoms with E-state index in [0.717, 1.165) is 12.1 Å². The molecule has 6 nitrogen and oxygen atoms in total. The molecular weight excluding hydrogens is 356 g/mol. The Hall–Kier alpha value is -2.58. The highest BCUT2D eigenvalue weighted by Gasteiger charge is 2.40. The van der Waals surface area contributed by atoms with E-state index < -0.39 is 17.4 Å². The summed E-state index contributed by atoms with van der Waals surface area (Å²) in [4.78, 5) is 18.6. The molecule has 0 bridgehead atoms. The van der Waals surface area contributed by atoms with Gasteiger partial charge < -0.3 is 19.7 Å². The highest BCUT2D eigenvalue weighted by molar-refractivity contribution is 5.94. The zero-order valence-electron chi connectivity index (χ0n) is 14.6. The third-order valence-corrected chi connectivity index (χ3v) is 4.83. The molecule has 2 saturated heterocycles. The number of nitrogens with zero attached hydrogens (tertiary/aromatic N) is 2. The van der Waals surface area contributed by atoms with Crippen LogP contribution in [0.1, 0.15) is 23.2 Å². The topological polar surface area (TPSA) is 63.7 Å². The average Bonchev–Trinajstić information content (AvgIpc) is 3.13. The van der Waals surface area contributed by atoms with Gasteiger partial charge in [0.1, 0.15) is 5.82 Å². The van der Waals surface area contributed by atoms with Crippen molar-refractivity contribution in [3.8, 4) is 0 Å². The molecule has 1 spiro atoms. The number of pyridine rings is 1. The Morgan fingerprint density at radius 1 is 1.07 bits per heavy atom. The largest absolute Gasteiger partial charge is 0.347 e. The Balaban J connectivity index is 1.38. The van der Waals surface area contributed by atoms with Crippen molar-refractivity contribution in [2.45, 2.75) is 18.6 Å². The number of aromatic nitrogens is 1. The second-order valence-electron chi connectivity index (χ2n) is 6.59. The molecule has 1 aromatic heterocycles. The first kappa shape index (κ1) is 17.8. The summed E-state index contributed by atoms with van der Waals surface area (Å²) in [7, 11) is 0. The molecule has 3 heterocycles. The van der Waals surface area contributed by atoms with E-state index in [1.165, 1.54) is 12.3 Å². The quantitative estimate of drug-likeness (QED) is 0.893. The van der Waals surface area contributed by atoms with Gasteiger partial charge in [0, 0.05) is 43.9 Å². The van der Waals surface area contributed by atoms with Crippen LogP contribution < -0.4 is 5.32 Å². The van der Waals surface area contributed by atoms with Crippen LogP contribution in [0.4, 0.5) is 20.3 Å². The SMILES string of the molecule is O=C(c1ccc(Nc2ccc(F)c(F)c2)nc1)N1CCC2(CC1)OCCO2. The van der Waals surface area contributed by atoms with E-state index in [1.807, 2.05) is 0 Å². The van der Waals surface area contributed by atoms with Gasteiger partial charge in [0.25, 0.3) is 5.91 Å². The number of nitrogens with one attached hydrogen (secondary N) is 1. The maximum absolute atomic E-state index is 13.3. The minimum absolute atomic E-state index is 0.102. The number of piperidine rings is 1. The Morgan fingerprint density at radius 3 is 2.44 bits per heavy atom. The van der Waals surface area contributed by atoms with Crippen molar-refractivity contribution in [2.24, 2.45) is 0 Å². The number of amides is 1. The van der Waals surface area contributed by atoms with E-state index in [-0.39, 0.29) is 5.91 Å². The number of ether oxygens (including phenoxy) is 2. The number of likely N-dealkylation sites (tertiary alicyclic amines) is 1. The van der Waals surface area contributed by atoms with Crippen LogP contribution in [0.2, 0.25) is 0 Å². The van der Waals surface area contributed by atoms with Crippen molar-refractivity contribution >= 4 is 17.4 Å². The molecule has 0 radical (unpaired) electrons. The summed E-state index contributed by atoms with van der Waals surface area (Å²) in [5, 5.41) is 2.87.